The number of morpholine rings is 1. The quantitative estimate of drug-likeness (QED) is 0.719. The van der Waals surface area contributed by atoms with Crippen molar-refractivity contribution >= 4 is 0 Å². The maximum absolute atomic E-state index is 5.54. The Morgan fingerprint density at radius 3 is 3.12 bits per heavy atom. The normalized spacial score (nSPS) is 26.6. The second-order valence-electron chi connectivity index (χ2n) is 4.71. The van der Waals surface area contributed by atoms with Crippen molar-refractivity contribution in [3.8, 4) is 0 Å². The summed E-state index contributed by atoms with van der Waals surface area (Å²) in [5.41, 5.74) is 1.45. The van der Waals surface area contributed by atoms with Gasteiger partial charge in [-0.25, -0.2) is 0 Å². The summed E-state index contributed by atoms with van der Waals surface area (Å²) in [5, 5.41) is 0. The minimum absolute atomic E-state index is 0.533. The van der Waals surface area contributed by atoms with Crippen LogP contribution in [0.5, 0.6) is 0 Å². The molecule has 1 fully saturated rings. The Balaban J connectivity index is 1.88. The van der Waals surface area contributed by atoms with Crippen molar-refractivity contribution in [2.45, 2.75) is 18.9 Å². The van der Waals surface area contributed by atoms with Crippen LogP contribution in [0, 0.1) is 0 Å². The van der Waals surface area contributed by atoms with Gasteiger partial charge in [-0.3, -0.25) is 4.90 Å². The van der Waals surface area contributed by atoms with E-state index in [0.29, 0.717) is 6.04 Å². The lowest BCUT2D eigenvalue weighted by atomic mass is 10.1. The van der Waals surface area contributed by atoms with Gasteiger partial charge in [0.15, 0.2) is 0 Å². The predicted molar refractivity (Wildman–Crippen MR) is 66.3 cm³/mol. The standard InChI is InChI=1S/C13H22N2O/c1-14-8-9-16-11-13(14)10-15(2)12-6-4-3-5-7-12/h3-4,6,13H,5,7-11H2,1-2H3. The molecular weight excluding hydrogens is 200 g/mol. The van der Waals surface area contributed by atoms with Gasteiger partial charge in [-0.15, -0.1) is 0 Å². The largest absolute Gasteiger partial charge is 0.378 e. The van der Waals surface area contributed by atoms with Crippen molar-refractivity contribution in [3.05, 3.63) is 23.9 Å². The van der Waals surface area contributed by atoms with Gasteiger partial charge in [0.1, 0.15) is 0 Å². The topological polar surface area (TPSA) is 15.7 Å². The molecule has 1 saturated heterocycles. The van der Waals surface area contributed by atoms with E-state index >= 15 is 0 Å². The number of nitrogens with zero attached hydrogens (tertiary/aromatic N) is 2. The van der Waals surface area contributed by atoms with Crippen LogP contribution < -0.4 is 0 Å². The molecule has 0 spiro atoms. The Kier molecular flexibility index (Phi) is 4.02. The Bertz CT molecular complexity index is 286. The molecular formula is C13H22N2O. The van der Waals surface area contributed by atoms with Crippen LogP contribution >= 0.6 is 0 Å². The van der Waals surface area contributed by atoms with Gasteiger partial charge in [0.05, 0.1) is 19.3 Å². The maximum Gasteiger partial charge on any atom is 0.0639 e. The summed E-state index contributed by atoms with van der Waals surface area (Å²) in [6.45, 7) is 3.86. The molecule has 1 atom stereocenters. The molecule has 3 nitrogen and oxygen atoms in total. The molecule has 2 aliphatic rings. The predicted octanol–water partition coefficient (Wildman–Crippen LogP) is 1.48. The summed E-state index contributed by atoms with van der Waals surface area (Å²) in [6, 6.07) is 0.533. The Labute approximate surface area is 98.4 Å². The highest BCUT2D eigenvalue weighted by Gasteiger charge is 2.21. The first kappa shape index (κ1) is 11.7. The van der Waals surface area contributed by atoms with Crippen LogP contribution in [-0.4, -0.2) is 56.2 Å². The molecule has 0 aromatic rings. The van der Waals surface area contributed by atoms with E-state index in [1.807, 2.05) is 0 Å². The number of allylic oxidation sites excluding steroid dienone is 4. The number of likely N-dealkylation sites (N-methyl/N-ethyl adjacent to an activating group) is 2. The number of ether oxygens (including phenoxy) is 1. The number of rotatable bonds is 3. The van der Waals surface area contributed by atoms with E-state index in [0.717, 1.165) is 26.3 Å². The molecule has 1 aliphatic carbocycles. The molecule has 90 valence electrons. The van der Waals surface area contributed by atoms with Crippen molar-refractivity contribution in [1.82, 2.24) is 9.80 Å². The highest BCUT2D eigenvalue weighted by molar-refractivity contribution is 5.16. The molecule has 1 aliphatic heterocycles. The fourth-order valence-electron chi connectivity index (χ4n) is 2.27. The average Bonchev–Trinajstić information content (AvgIpc) is 2.33. The van der Waals surface area contributed by atoms with Gasteiger partial charge < -0.3 is 9.64 Å². The fourth-order valence-corrected chi connectivity index (χ4v) is 2.27. The van der Waals surface area contributed by atoms with Crippen molar-refractivity contribution < 1.29 is 4.74 Å². The zero-order chi connectivity index (χ0) is 11.4. The second-order valence-corrected chi connectivity index (χ2v) is 4.71. The minimum atomic E-state index is 0.533. The second kappa shape index (κ2) is 5.51. The van der Waals surface area contributed by atoms with E-state index in [-0.39, 0.29) is 0 Å². The lowest BCUT2D eigenvalue weighted by Crippen LogP contribution is -2.48. The van der Waals surface area contributed by atoms with E-state index in [2.05, 4.69) is 42.1 Å². The molecule has 0 saturated carbocycles. The Morgan fingerprint density at radius 2 is 2.44 bits per heavy atom. The summed E-state index contributed by atoms with van der Waals surface area (Å²) in [4.78, 5) is 4.78. The van der Waals surface area contributed by atoms with Crippen molar-refractivity contribution in [2.75, 3.05) is 40.4 Å². The van der Waals surface area contributed by atoms with Crippen LogP contribution in [0.2, 0.25) is 0 Å². The van der Waals surface area contributed by atoms with Gasteiger partial charge in [-0.2, -0.15) is 0 Å². The zero-order valence-electron chi connectivity index (χ0n) is 10.4. The van der Waals surface area contributed by atoms with Crippen LogP contribution in [0.4, 0.5) is 0 Å². The first-order valence-electron chi connectivity index (χ1n) is 6.12. The first-order chi connectivity index (χ1) is 7.77. The lowest BCUT2D eigenvalue weighted by Gasteiger charge is -2.36. The third-order valence-corrected chi connectivity index (χ3v) is 3.49. The zero-order valence-corrected chi connectivity index (χ0v) is 10.4. The molecule has 0 aromatic carbocycles. The third kappa shape index (κ3) is 2.86. The van der Waals surface area contributed by atoms with Gasteiger partial charge >= 0.3 is 0 Å². The summed E-state index contributed by atoms with van der Waals surface area (Å²) < 4.78 is 5.54. The molecule has 0 aromatic heterocycles. The van der Waals surface area contributed by atoms with Crippen molar-refractivity contribution in [3.63, 3.8) is 0 Å². The van der Waals surface area contributed by atoms with E-state index in [1.165, 1.54) is 18.5 Å². The van der Waals surface area contributed by atoms with Crippen LogP contribution in [0.25, 0.3) is 0 Å². The maximum atomic E-state index is 5.54. The molecule has 0 radical (unpaired) electrons. The van der Waals surface area contributed by atoms with Crippen LogP contribution in [-0.2, 0) is 4.74 Å². The summed E-state index contributed by atoms with van der Waals surface area (Å²) >= 11 is 0. The average molecular weight is 222 g/mol. The van der Waals surface area contributed by atoms with Crippen molar-refractivity contribution in [2.24, 2.45) is 0 Å². The summed E-state index contributed by atoms with van der Waals surface area (Å²) in [7, 11) is 4.38. The van der Waals surface area contributed by atoms with Gasteiger partial charge in [-0.05, 0) is 26.0 Å². The van der Waals surface area contributed by atoms with Crippen LogP contribution in [0.15, 0.2) is 23.9 Å². The Hall–Kier alpha value is -0.800. The molecule has 0 N–H and O–H groups in total. The lowest BCUT2D eigenvalue weighted by molar-refractivity contribution is -0.00207. The number of hydrogen-bond acceptors (Lipinski definition) is 3. The van der Waals surface area contributed by atoms with E-state index in [1.54, 1.807) is 0 Å². The highest BCUT2D eigenvalue weighted by atomic mass is 16.5. The molecule has 2 rings (SSSR count). The summed E-state index contributed by atoms with van der Waals surface area (Å²) in [5.74, 6) is 0. The fraction of sp³-hybridized carbons (Fsp3) is 0.692. The van der Waals surface area contributed by atoms with E-state index in [9.17, 15) is 0 Å². The first-order valence-corrected chi connectivity index (χ1v) is 6.12. The molecule has 0 amide bonds. The van der Waals surface area contributed by atoms with Crippen molar-refractivity contribution in [1.29, 1.82) is 0 Å². The minimum Gasteiger partial charge on any atom is -0.378 e. The molecule has 3 heteroatoms. The molecule has 16 heavy (non-hydrogen) atoms. The van der Waals surface area contributed by atoms with Gasteiger partial charge in [0.2, 0.25) is 0 Å². The van der Waals surface area contributed by atoms with E-state index in [4.69, 9.17) is 4.74 Å². The molecule has 0 bridgehead atoms. The third-order valence-electron chi connectivity index (χ3n) is 3.49. The molecule has 1 unspecified atom stereocenters. The van der Waals surface area contributed by atoms with Gasteiger partial charge in [0, 0.05) is 25.8 Å². The SMILES string of the molecule is CN(CC1COCCN1C)C1=CC=CCC1. The molecule has 1 heterocycles. The van der Waals surface area contributed by atoms with Crippen LogP contribution in [0.1, 0.15) is 12.8 Å². The number of hydrogen-bond donors (Lipinski definition) is 0. The van der Waals surface area contributed by atoms with Crippen LogP contribution in [0.3, 0.4) is 0 Å². The summed E-state index contributed by atoms with van der Waals surface area (Å²) in [6.07, 6.45) is 8.97. The van der Waals surface area contributed by atoms with E-state index < -0.39 is 0 Å². The smallest absolute Gasteiger partial charge is 0.0639 e. The van der Waals surface area contributed by atoms with Gasteiger partial charge in [-0.1, -0.05) is 12.2 Å². The Morgan fingerprint density at radius 1 is 1.56 bits per heavy atom. The monoisotopic (exact) mass is 222 g/mol. The highest BCUT2D eigenvalue weighted by Crippen LogP contribution is 2.16. The van der Waals surface area contributed by atoms with Gasteiger partial charge in [0.25, 0.3) is 0 Å².